The van der Waals surface area contributed by atoms with Crippen LogP contribution >= 0.6 is 23.2 Å². The number of nitro benzene ring substituents is 1. The van der Waals surface area contributed by atoms with Crippen LogP contribution in [-0.2, 0) is 6.54 Å². The molecule has 0 saturated heterocycles. The third-order valence-corrected chi connectivity index (χ3v) is 4.19. The molecule has 1 aromatic heterocycles. The summed E-state index contributed by atoms with van der Waals surface area (Å²) >= 11 is 12.2. The van der Waals surface area contributed by atoms with Crippen LogP contribution in [0.3, 0.4) is 0 Å². The molecule has 2 aromatic carbocycles. The van der Waals surface area contributed by atoms with E-state index >= 15 is 0 Å². The first-order valence-electron chi connectivity index (χ1n) is 6.23. The lowest BCUT2D eigenvalue weighted by molar-refractivity contribution is -0.383. The molecule has 106 valence electrons. The Morgan fingerprint density at radius 1 is 1.10 bits per heavy atom. The second-order valence-corrected chi connectivity index (χ2v) is 5.41. The van der Waals surface area contributed by atoms with Crippen molar-refractivity contribution in [2.24, 2.45) is 0 Å². The van der Waals surface area contributed by atoms with Crippen molar-refractivity contribution in [3.8, 4) is 0 Å². The maximum atomic E-state index is 11.2. The van der Waals surface area contributed by atoms with Gasteiger partial charge in [-0.3, -0.25) is 10.1 Å². The Kier molecular flexibility index (Phi) is 3.57. The van der Waals surface area contributed by atoms with Gasteiger partial charge in [0.25, 0.3) is 5.69 Å². The van der Waals surface area contributed by atoms with Crippen molar-refractivity contribution in [2.45, 2.75) is 6.54 Å². The molecule has 0 unspecified atom stereocenters. The number of nitro groups is 1. The quantitative estimate of drug-likeness (QED) is 0.508. The van der Waals surface area contributed by atoms with Crippen LogP contribution in [0.25, 0.3) is 10.9 Å². The number of benzene rings is 2. The normalized spacial score (nSPS) is 11.0. The molecule has 0 radical (unpaired) electrons. The minimum absolute atomic E-state index is 0.0793. The zero-order chi connectivity index (χ0) is 15.0. The molecule has 21 heavy (non-hydrogen) atoms. The first-order valence-corrected chi connectivity index (χ1v) is 6.98. The summed E-state index contributed by atoms with van der Waals surface area (Å²) in [6, 6.07) is 12.2. The van der Waals surface area contributed by atoms with Gasteiger partial charge in [-0.25, -0.2) is 0 Å². The molecule has 1 heterocycles. The zero-order valence-corrected chi connectivity index (χ0v) is 12.3. The summed E-state index contributed by atoms with van der Waals surface area (Å²) in [5, 5.41) is 12.9. The van der Waals surface area contributed by atoms with Gasteiger partial charge in [0.2, 0.25) is 0 Å². The van der Waals surface area contributed by atoms with Gasteiger partial charge >= 0.3 is 0 Å². The molecule has 0 aliphatic heterocycles. The van der Waals surface area contributed by atoms with Crippen molar-refractivity contribution < 1.29 is 4.92 Å². The smallest absolute Gasteiger partial charge is 0.293 e. The van der Waals surface area contributed by atoms with Gasteiger partial charge in [-0.2, -0.15) is 0 Å². The molecule has 3 rings (SSSR count). The molecule has 3 aromatic rings. The van der Waals surface area contributed by atoms with E-state index in [1.54, 1.807) is 12.1 Å². The summed E-state index contributed by atoms with van der Waals surface area (Å²) in [6.07, 6.45) is 1.81. The van der Waals surface area contributed by atoms with E-state index < -0.39 is 0 Å². The van der Waals surface area contributed by atoms with Crippen LogP contribution < -0.4 is 0 Å². The zero-order valence-electron chi connectivity index (χ0n) is 10.8. The predicted octanol–water partition coefficient (Wildman–Crippen LogP) is 4.90. The van der Waals surface area contributed by atoms with Gasteiger partial charge in [-0.1, -0.05) is 47.5 Å². The number of non-ortho nitro benzene ring substituents is 1. The Balaban J connectivity index is 2.13. The third kappa shape index (κ3) is 2.48. The van der Waals surface area contributed by atoms with Crippen LogP contribution in [0.2, 0.25) is 10.0 Å². The number of nitrogens with zero attached hydrogens (tertiary/aromatic N) is 2. The molecule has 0 atom stereocenters. The minimum Gasteiger partial charge on any atom is -0.337 e. The van der Waals surface area contributed by atoms with E-state index in [-0.39, 0.29) is 10.6 Å². The second-order valence-electron chi connectivity index (χ2n) is 4.63. The van der Waals surface area contributed by atoms with Crippen molar-refractivity contribution in [3.63, 3.8) is 0 Å². The van der Waals surface area contributed by atoms with Gasteiger partial charge in [0.05, 0.1) is 15.0 Å². The Morgan fingerprint density at radius 2 is 1.86 bits per heavy atom. The maximum absolute atomic E-state index is 11.2. The van der Waals surface area contributed by atoms with Crippen LogP contribution in [-0.4, -0.2) is 9.49 Å². The maximum Gasteiger partial charge on any atom is 0.293 e. The molecule has 4 nitrogen and oxygen atoms in total. The summed E-state index contributed by atoms with van der Waals surface area (Å²) in [5.74, 6) is 0. The summed E-state index contributed by atoms with van der Waals surface area (Å²) in [6.45, 7) is 0.424. The topological polar surface area (TPSA) is 48.1 Å². The molecule has 0 fully saturated rings. The SMILES string of the molecule is O=[N+]([O-])c1cccc2ccn(Cc3cccc(Cl)c3Cl)c12. The summed E-state index contributed by atoms with van der Waals surface area (Å²) < 4.78 is 1.81. The third-order valence-electron chi connectivity index (χ3n) is 3.34. The molecule has 0 amide bonds. The van der Waals surface area contributed by atoms with Crippen LogP contribution in [0.5, 0.6) is 0 Å². The summed E-state index contributed by atoms with van der Waals surface area (Å²) in [4.78, 5) is 10.8. The Morgan fingerprint density at radius 3 is 2.62 bits per heavy atom. The fourth-order valence-electron chi connectivity index (χ4n) is 2.37. The molecule has 0 bridgehead atoms. The first kappa shape index (κ1) is 13.9. The molecule has 0 spiro atoms. The van der Waals surface area contributed by atoms with Crippen molar-refractivity contribution in [2.75, 3.05) is 0 Å². The van der Waals surface area contributed by atoms with Crippen molar-refractivity contribution >= 4 is 39.8 Å². The highest BCUT2D eigenvalue weighted by atomic mass is 35.5. The highest BCUT2D eigenvalue weighted by Crippen LogP contribution is 2.30. The van der Waals surface area contributed by atoms with Gasteiger partial charge in [0.1, 0.15) is 5.52 Å². The van der Waals surface area contributed by atoms with Gasteiger partial charge in [-0.05, 0) is 17.7 Å². The van der Waals surface area contributed by atoms with Crippen LogP contribution in [0.4, 0.5) is 5.69 Å². The lowest BCUT2D eigenvalue weighted by Gasteiger charge is -2.09. The Labute approximate surface area is 130 Å². The van der Waals surface area contributed by atoms with Crippen LogP contribution in [0.1, 0.15) is 5.56 Å². The molecule has 0 aliphatic rings. The van der Waals surface area contributed by atoms with Crippen LogP contribution in [0, 0.1) is 10.1 Å². The molecule has 0 aliphatic carbocycles. The highest BCUT2D eigenvalue weighted by Gasteiger charge is 2.16. The van der Waals surface area contributed by atoms with Crippen molar-refractivity contribution in [3.05, 3.63) is 74.4 Å². The average Bonchev–Trinajstić information content (AvgIpc) is 2.87. The predicted molar refractivity (Wildman–Crippen MR) is 84.2 cm³/mol. The lowest BCUT2D eigenvalue weighted by Crippen LogP contribution is -2.01. The van der Waals surface area contributed by atoms with E-state index in [2.05, 4.69) is 0 Å². The van der Waals surface area contributed by atoms with E-state index in [0.717, 1.165) is 10.9 Å². The molecule has 6 heteroatoms. The first-order chi connectivity index (χ1) is 10.1. The molecule has 0 N–H and O–H groups in total. The van der Waals surface area contributed by atoms with Gasteiger partial charge in [0, 0.05) is 24.2 Å². The minimum atomic E-state index is -0.377. The second kappa shape index (κ2) is 5.39. The molecular weight excluding hydrogens is 311 g/mol. The van der Waals surface area contributed by atoms with Gasteiger partial charge in [-0.15, -0.1) is 0 Å². The standard InChI is InChI=1S/C15H10Cl2N2O2/c16-12-5-1-4-11(14(12)17)9-18-8-7-10-3-2-6-13(15(10)18)19(20)21/h1-8H,9H2. The van der Waals surface area contributed by atoms with Gasteiger partial charge < -0.3 is 4.57 Å². The highest BCUT2D eigenvalue weighted by molar-refractivity contribution is 6.42. The fourth-order valence-corrected chi connectivity index (χ4v) is 2.75. The average molecular weight is 321 g/mol. The monoisotopic (exact) mass is 320 g/mol. The Hall–Kier alpha value is -2.04. The number of halogens is 2. The van der Waals surface area contributed by atoms with Crippen molar-refractivity contribution in [1.29, 1.82) is 0 Å². The van der Waals surface area contributed by atoms with Crippen molar-refractivity contribution in [1.82, 2.24) is 4.57 Å². The van der Waals surface area contributed by atoms with E-state index in [1.165, 1.54) is 6.07 Å². The van der Waals surface area contributed by atoms with E-state index in [4.69, 9.17) is 23.2 Å². The number of hydrogen-bond donors (Lipinski definition) is 0. The number of aromatic nitrogens is 1. The van der Waals surface area contributed by atoms with Gasteiger partial charge in [0.15, 0.2) is 0 Å². The summed E-state index contributed by atoms with van der Waals surface area (Å²) in [7, 11) is 0. The summed E-state index contributed by atoms with van der Waals surface area (Å²) in [5.41, 5.74) is 1.48. The Bertz CT molecular complexity index is 843. The van der Waals surface area contributed by atoms with Crippen LogP contribution in [0.15, 0.2) is 48.7 Å². The number of rotatable bonds is 3. The largest absolute Gasteiger partial charge is 0.337 e. The van der Waals surface area contributed by atoms with E-state index in [1.807, 2.05) is 35.0 Å². The number of fused-ring (bicyclic) bond motifs is 1. The van der Waals surface area contributed by atoms with E-state index in [0.29, 0.717) is 22.1 Å². The lowest BCUT2D eigenvalue weighted by atomic mass is 10.2. The molecule has 0 saturated carbocycles. The number of para-hydroxylation sites is 1. The molecular formula is C15H10Cl2N2O2. The number of hydrogen-bond acceptors (Lipinski definition) is 2. The fraction of sp³-hybridized carbons (Fsp3) is 0.0667. The van der Waals surface area contributed by atoms with E-state index in [9.17, 15) is 10.1 Å².